The largest absolute Gasteiger partial charge is 0.460 e. The van der Waals surface area contributed by atoms with Crippen LogP contribution in [0.3, 0.4) is 0 Å². The van der Waals surface area contributed by atoms with Crippen molar-refractivity contribution >= 4 is 23.7 Å². The monoisotopic (exact) mass is 559 g/mol. The highest BCUT2D eigenvalue weighted by atomic mass is 16.6. The number of allylic oxidation sites excluding steroid dienone is 1. The minimum absolute atomic E-state index is 0.0537. The molecule has 4 fully saturated rings. The third kappa shape index (κ3) is 5.57. The van der Waals surface area contributed by atoms with Crippen LogP contribution >= 0.6 is 0 Å². The number of rotatable bonds is 13. The Bertz CT molecular complexity index is 996. The highest BCUT2D eigenvalue weighted by molar-refractivity contribution is 5.98. The lowest BCUT2D eigenvalue weighted by molar-refractivity contribution is -0.160. The summed E-state index contributed by atoms with van der Waals surface area (Å²) < 4.78 is 12.2. The van der Waals surface area contributed by atoms with Crippen LogP contribution in [0.2, 0.25) is 0 Å². The molecule has 0 aromatic carbocycles. The minimum atomic E-state index is -1.15. The molecule has 1 spiro atoms. The zero-order valence-corrected chi connectivity index (χ0v) is 23.9. The van der Waals surface area contributed by atoms with Crippen LogP contribution < -0.4 is 5.32 Å². The summed E-state index contributed by atoms with van der Waals surface area (Å²) in [5.41, 5.74) is -1.15. The molecule has 4 rings (SSSR count). The number of hydrogen-bond acceptors (Lipinski definition) is 7. The van der Waals surface area contributed by atoms with Crippen molar-refractivity contribution < 1.29 is 33.8 Å². The number of aliphatic hydroxyl groups excluding tert-OH is 1. The summed E-state index contributed by atoms with van der Waals surface area (Å²) in [6.45, 7) is 11.1. The molecule has 1 aliphatic carbocycles. The molecular weight excluding hydrogens is 514 g/mol. The molecular formula is C30H45N3O7. The van der Waals surface area contributed by atoms with E-state index in [9.17, 15) is 24.3 Å². The second-order valence-corrected chi connectivity index (χ2v) is 11.8. The SMILES string of the molecule is C=CCCC(=O)NC[C@@H](C)OC(=O)[C@@H]1[C@H]2C(=O)N([C@H](C)CO)[C@H](C(=O)N(CC=C)C3CCCCC3)[C@]23CC[C@H]1O3. The summed E-state index contributed by atoms with van der Waals surface area (Å²) in [4.78, 5) is 57.2. The standard InChI is InChI=1S/C30H45N3O7/c1-5-7-13-23(35)31-17-20(4)39-29(38)24-22-14-15-30(40-22)25(24)27(36)33(19(3)18-34)26(30)28(37)32(16-6-2)21-11-9-8-10-12-21/h5-6,19-22,24-26,34H,1-2,7-18H2,3-4H3,(H,31,35)/t19-,20-,22-,24+,25+,26-,30+/m1/s1. The van der Waals surface area contributed by atoms with Crippen LogP contribution in [0, 0.1) is 11.8 Å². The maximum Gasteiger partial charge on any atom is 0.312 e. The van der Waals surface area contributed by atoms with Crippen molar-refractivity contribution in [1.82, 2.24) is 15.1 Å². The van der Waals surface area contributed by atoms with E-state index in [-0.39, 0.29) is 36.9 Å². The lowest BCUT2D eigenvalue weighted by atomic mass is 9.70. The van der Waals surface area contributed by atoms with Gasteiger partial charge in [-0.2, -0.15) is 0 Å². The Balaban J connectivity index is 1.57. The zero-order chi connectivity index (χ0) is 29.0. The number of carbonyl (C=O) groups excluding carboxylic acids is 4. The van der Waals surface area contributed by atoms with Gasteiger partial charge < -0.3 is 29.7 Å². The van der Waals surface area contributed by atoms with Gasteiger partial charge >= 0.3 is 5.97 Å². The van der Waals surface area contributed by atoms with Crippen molar-refractivity contribution in [2.75, 3.05) is 19.7 Å². The van der Waals surface area contributed by atoms with Crippen molar-refractivity contribution in [1.29, 1.82) is 0 Å². The molecule has 7 atom stereocenters. The number of nitrogens with zero attached hydrogens (tertiary/aromatic N) is 2. The van der Waals surface area contributed by atoms with Gasteiger partial charge in [-0.05, 0) is 46.0 Å². The van der Waals surface area contributed by atoms with E-state index in [1.165, 1.54) is 4.90 Å². The van der Waals surface area contributed by atoms with E-state index in [0.29, 0.717) is 32.2 Å². The van der Waals surface area contributed by atoms with Gasteiger partial charge in [-0.15, -0.1) is 13.2 Å². The molecule has 2 bridgehead atoms. The predicted octanol–water partition coefficient (Wildman–Crippen LogP) is 2.10. The fourth-order valence-corrected chi connectivity index (χ4v) is 7.21. The van der Waals surface area contributed by atoms with E-state index >= 15 is 0 Å². The second kappa shape index (κ2) is 12.9. The van der Waals surface area contributed by atoms with Crippen LogP contribution in [0.4, 0.5) is 0 Å². The number of fused-ring (bicyclic) bond motifs is 1. The predicted molar refractivity (Wildman–Crippen MR) is 148 cm³/mol. The first-order chi connectivity index (χ1) is 19.2. The summed E-state index contributed by atoms with van der Waals surface area (Å²) in [7, 11) is 0. The van der Waals surface area contributed by atoms with Gasteiger partial charge in [0, 0.05) is 19.0 Å². The number of aliphatic hydroxyl groups is 1. The maximum absolute atomic E-state index is 14.4. The summed E-state index contributed by atoms with van der Waals surface area (Å²) in [5, 5.41) is 12.8. The van der Waals surface area contributed by atoms with E-state index in [4.69, 9.17) is 9.47 Å². The lowest BCUT2D eigenvalue weighted by Crippen LogP contribution is -2.60. The summed E-state index contributed by atoms with van der Waals surface area (Å²) >= 11 is 0. The van der Waals surface area contributed by atoms with Crippen LogP contribution in [0.5, 0.6) is 0 Å². The van der Waals surface area contributed by atoms with Crippen molar-refractivity contribution in [3.63, 3.8) is 0 Å². The molecule has 10 nitrogen and oxygen atoms in total. The molecule has 0 radical (unpaired) electrons. The van der Waals surface area contributed by atoms with Gasteiger partial charge in [-0.3, -0.25) is 19.2 Å². The number of hydrogen-bond donors (Lipinski definition) is 2. The molecule has 0 aromatic heterocycles. The quantitative estimate of drug-likeness (QED) is 0.262. The van der Waals surface area contributed by atoms with E-state index in [1.54, 1.807) is 26.0 Å². The first-order valence-electron chi connectivity index (χ1n) is 14.8. The first-order valence-corrected chi connectivity index (χ1v) is 14.8. The average Bonchev–Trinajstić information content (AvgIpc) is 3.60. The van der Waals surface area contributed by atoms with Gasteiger partial charge in [-0.1, -0.05) is 31.4 Å². The number of ether oxygens (including phenoxy) is 2. The first kappa shape index (κ1) is 30.2. The smallest absolute Gasteiger partial charge is 0.312 e. The van der Waals surface area contributed by atoms with Gasteiger partial charge in [0.05, 0.1) is 37.1 Å². The molecule has 1 saturated carbocycles. The Morgan fingerprint density at radius 2 is 1.93 bits per heavy atom. The number of nitrogens with one attached hydrogen (secondary N) is 1. The fraction of sp³-hybridized carbons (Fsp3) is 0.733. The summed E-state index contributed by atoms with van der Waals surface area (Å²) in [5.74, 6) is -2.99. The topological polar surface area (TPSA) is 125 Å². The number of amides is 3. The van der Waals surface area contributed by atoms with Gasteiger partial charge in [0.15, 0.2) is 0 Å². The fourth-order valence-electron chi connectivity index (χ4n) is 7.21. The molecule has 0 unspecified atom stereocenters. The normalized spacial score (nSPS) is 30.9. The van der Waals surface area contributed by atoms with Crippen molar-refractivity contribution in [2.24, 2.45) is 11.8 Å². The van der Waals surface area contributed by atoms with Gasteiger partial charge in [-0.25, -0.2) is 0 Å². The van der Waals surface area contributed by atoms with Crippen molar-refractivity contribution in [3.8, 4) is 0 Å². The van der Waals surface area contributed by atoms with Crippen LogP contribution in [-0.4, -0.2) is 94.2 Å². The molecule has 222 valence electrons. The molecule has 3 aliphatic heterocycles. The van der Waals surface area contributed by atoms with E-state index < -0.39 is 47.7 Å². The van der Waals surface area contributed by atoms with E-state index in [2.05, 4.69) is 18.5 Å². The van der Waals surface area contributed by atoms with Crippen LogP contribution in [0.15, 0.2) is 25.3 Å². The Hall–Kier alpha value is -2.72. The molecule has 4 aliphatic rings. The Kier molecular flexibility index (Phi) is 9.72. The van der Waals surface area contributed by atoms with Crippen LogP contribution in [0.25, 0.3) is 0 Å². The molecule has 0 aromatic rings. The summed E-state index contributed by atoms with van der Waals surface area (Å²) in [6, 6.07) is -1.50. The summed E-state index contributed by atoms with van der Waals surface area (Å²) in [6.07, 6.45) is 9.13. The van der Waals surface area contributed by atoms with Gasteiger partial charge in [0.1, 0.15) is 17.7 Å². The highest BCUT2D eigenvalue weighted by Gasteiger charge is 2.75. The van der Waals surface area contributed by atoms with Crippen LogP contribution in [0.1, 0.15) is 71.6 Å². The highest BCUT2D eigenvalue weighted by Crippen LogP contribution is 2.59. The molecule has 3 heterocycles. The van der Waals surface area contributed by atoms with Crippen LogP contribution in [-0.2, 0) is 28.7 Å². The Morgan fingerprint density at radius 3 is 2.58 bits per heavy atom. The molecule has 2 N–H and O–H groups in total. The molecule has 40 heavy (non-hydrogen) atoms. The van der Waals surface area contributed by atoms with Gasteiger partial charge in [0.25, 0.3) is 0 Å². The molecule has 3 amide bonds. The molecule has 3 saturated heterocycles. The average molecular weight is 560 g/mol. The van der Waals surface area contributed by atoms with E-state index in [0.717, 1.165) is 32.1 Å². The third-order valence-corrected chi connectivity index (χ3v) is 9.09. The number of likely N-dealkylation sites (tertiary alicyclic amines) is 1. The van der Waals surface area contributed by atoms with E-state index in [1.807, 2.05) is 4.90 Å². The second-order valence-electron chi connectivity index (χ2n) is 11.8. The number of esters is 1. The lowest BCUT2D eigenvalue weighted by Gasteiger charge is -2.41. The third-order valence-electron chi connectivity index (χ3n) is 9.09. The minimum Gasteiger partial charge on any atom is -0.460 e. The maximum atomic E-state index is 14.4. The van der Waals surface area contributed by atoms with Crippen molar-refractivity contribution in [3.05, 3.63) is 25.3 Å². The van der Waals surface area contributed by atoms with Crippen molar-refractivity contribution in [2.45, 2.75) is 108 Å². The number of carbonyl (C=O) groups is 4. The Labute approximate surface area is 237 Å². The van der Waals surface area contributed by atoms with Gasteiger partial charge in [0.2, 0.25) is 17.7 Å². The Morgan fingerprint density at radius 1 is 1.20 bits per heavy atom. The molecule has 10 heteroatoms. The zero-order valence-electron chi connectivity index (χ0n) is 23.9.